The Labute approximate surface area is 131 Å². The van der Waals surface area contributed by atoms with Crippen molar-refractivity contribution in [3.63, 3.8) is 0 Å². The van der Waals surface area contributed by atoms with E-state index in [2.05, 4.69) is 10.1 Å². The van der Waals surface area contributed by atoms with Gasteiger partial charge in [0.2, 0.25) is 0 Å². The summed E-state index contributed by atoms with van der Waals surface area (Å²) in [4.78, 5) is 4.38. The predicted octanol–water partition coefficient (Wildman–Crippen LogP) is 3.91. The lowest BCUT2D eigenvalue weighted by Crippen LogP contribution is -1.96. The first-order valence-corrected chi connectivity index (χ1v) is 7.11. The summed E-state index contributed by atoms with van der Waals surface area (Å²) < 4.78 is 14.8. The van der Waals surface area contributed by atoms with Gasteiger partial charge >= 0.3 is 0 Å². The van der Waals surface area contributed by atoms with Crippen LogP contribution in [0.4, 0.5) is 4.39 Å². The molecule has 4 nitrogen and oxygen atoms in total. The topological polar surface area (TPSA) is 50.4 Å². The van der Waals surface area contributed by atoms with Gasteiger partial charge in [-0.15, -0.1) is 0 Å². The van der Waals surface area contributed by atoms with E-state index in [4.69, 9.17) is 0 Å². The van der Waals surface area contributed by atoms with Crippen LogP contribution in [0.5, 0.6) is 5.75 Å². The molecule has 4 rings (SSSR count). The van der Waals surface area contributed by atoms with Crippen molar-refractivity contribution >= 4 is 5.65 Å². The van der Waals surface area contributed by atoms with E-state index in [0.29, 0.717) is 11.2 Å². The number of fused-ring (bicyclic) bond motifs is 1. The van der Waals surface area contributed by atoms with Gasteiger partial charge in [-0.1, -0.05) is 24.3 Å². The highest BCUT2D eigenvalue weighted by atomic mass is 19.1. The molecule has 5 heteroatoms. The summed E-state index contributed by atoms with van der Waals surface area (Å²) in [7, 11) is 0. The standard InChI is InChI=1S/C18H12FN3O/c19-13-7-5-12(6-8-13)15-11-21-22-16(9-10-20-18(15)22)14-3-1-2-4-17(14)23/h1-11,23H. The highest BCUT2D eigenvalue weighted by molar-refractivity contribution is 5.79. The molecule has 0 saturated heterocycles. The summed E-state index contributed by atoms with van der Waals surface area (Å²) in [6.07, 6.45) is 3.37. The molecule has 0 radical (unpaired) electrons. The van der Waals surface area contributed by atoms with Gasteiger partial charge in [-0.3, -0.25) is 0 Å². The van der Waals surface area contributed by atoms with Crippen molar-refractivity contribution in [1.82, 2.24) is 14.6 Å². The van der Waals surface area contributed by atoms with E-state index in [9.17, 15) is 9.50 Å². The Morgan fingerprint density at radius 1 is 0.913 bits per heavy atom. The number of nitrogens with zero attached hydrogens (tertiary/aromatic N) is 3. The molecule has 23 heavy (non-hydrogen) atoms. The van der Waals surface area contributed by atoms with E-state index in [1.807, 2.05) is 12.1 Å². The number of phenols is 1. The lowest BCUT2D eigenvalue weighted by atomic mass is 10.1. The van der Waals surface area contributed by atoms with Gasteiger partial charge in [0, 0.05) is 17.3 Å². The lowest BCUT2D eigenvalue weighted by Gasteiger charge is -2.07. The third-order valence-corrected chi connectivity index (χ3v) is 3.74. The van der Waals surface area contributed by atoms with E-state index in [0.717, 1.165) is 16.8 Å². The molecule has 0 aliphatic heterocycles. The number of hydrogen-bond acceptors (Lipinski definition) is 3. The number of para-hydroxylation sites is 1. The van der Waals surface area contributed by atoms with Crippen LogP contribution in [0.1, 0.15) is 0 Å². The smallest absolute Gasteiger partial charge is 0.163 e. The monoisotopic (exact) mass is 305 g/mol. The molecular formula is C18H12FN3O. The van der Waals surface area contributed by atoms with Crippen molar-refractivity contribution in [1.29, 1.82) is 0 Å². The van der Waals surface area contributed by atoms with Crippen molar-refractivity contribution in [2.24, 2.45) is 0 Å². The first-order chi connectivity index (χ1) is 11.2. The molecule has 0 fully saturated rings. The second-order valence-electron chi connectivity index (χ2n) is 5.15. The largest absolute Gasteiger partial charge is 0.507 e. The van der Waals surface area contributed by atoms with Gasteiger partial charge in [-0.25, -0.2) is 13.9 Å². The first-order valence-electron chi connectivity index (χ1n) is 7.11. The summed E-state index contributed by atoms with van der Waals surface area (Å²) in [6, 6.07) is 15.1. The number of rotatable bonds is 2. The number of aromatic hydroxyl groups is 1. The first kappa shape index (κ1) is 13.5. The fraction of sp³-hybridized carbons (Fsp3) is 0. The summed E-state index contributed by atoms with van der Waals surface area (Å²) in [5.74, 6) is -0.105. The van der Waals surface area contributed by atoms with Crippen LogP contribution in [0.3, 0.4) is 0 Å². The quantitative estimate of drug-likeness (QED) is 0.611. The molecule has 0 atom stereocenters. The minimum absolute atomic E-state index is 0.179. The Bertz CT molecular complexity index is 993. The third kappa shape index (κ3) is 2.23. The molecule has 0 saturated carbocycles. The van der Waals surface area contributed by atoms with Crippen LogP contribution in [0, 0.1) is 5.82 Å². The molecule has 2 heterocycles. The van der Waals surface area contributed by atoms with Gasteiger partial charge in [0.15, 0.2) is 5.65 Å². The fourth-order valence-electron chi connectivity index (χ4n) is 2.62. The zero-order valence-corrected chi connectivity index (χ0v) is 12.0. The SMILES string of the molecule is Oc1ccccc1-c1ccnc2c(-c3ccc(F)cc3)cnn12. The third-order valence-electron chi connectivity index (χ3n) is 3.74. The Kier molecular flexibility index (Phi) is 3.05. The average Bonchev–Trinajstić information content (AvgIpc) is 3.00. The maximum Gasteiger partial charge on any atom is 0.163 e. The van der Waals surface area contributed by atoms with E-state index >= 15 is 0 Å². The van der Waals surface area contributed by atoms with Crippen LogP contribution >= 0.6 is 0 Å². The van der Waals surface area contributed by atoms with E-state index in [1.165, 1.54) is 12.1 Å². The zero-order chi connectivity index (χ0) is 15.8. The van der Waals surface area contributed by atoms with E-state index in [-0.39, 0.29) is 11.6 Å². The summed E-state index contributed by atoms with van der Waals surface area (Å²) >= 11 is 0. The molecule has 0 bridgehead atoms. The second kappa shape index (κ2) is 5.21. The van der Waals surface area contributed by atoms with Crippen molar-refractivity contribution in [2.45, 2.75) is 0 Å². The van der Waals surface area contributed by atoms with Crippen molar-refractivity contribution in [3.05, 3.63) is 72.8 Å². The maximum atomic E-state index is 13.1. The Balaban J connectivity index is 1.94. The zero-order valence-electron chi connectivity index (χ0n) is 12.0. The molecular weight excluding hydrogens is 293 g/mol. The number of benzene rings is 2. The molecule has 112 valence electrons. The van der Waals surface area contributed by atoms with Gasteiger partial charge < -0.3 is 5.11 Å². The van der Waals surface area contributed by atoms with Crippen LogP contribution in [0.15, 0.2) is 67.0 Å². The molecule has 0 aliphatic carbocycles. The second-order valence-corrected chi connectivity index (χ2v) is 5.15. The van der Waals surface area contributed by atoms with Gasteiger partial charge in [-0.2, -0.15) is 5.10 Å². The number of aromatic nitrogens is 3. The van der Waals surface area contributed by atoms with Gasteiger partial charge in [0.25, 0.3) is 0 Å². The van der Waals surface area contributed by atoms with Crippen LogP contribution in [0.2, 0.25) is 0 Å². The number of phenolic OH excluding ortho intramolecular Hbond substituents is 1. The minimum atomic E-state index is -0.284. The molecule has 0 spiro atoms. The molecule has 0 amide bonds. The van der Waals surface area contributed by atoms with Crippen molar-refractivity contribution in [2.75, 3.05) is 0 Å². The van der Waals surface area contributed by atoms with Crippen molar-refractivity contribution in [3.8, 4) is 28.1 Å². The lowest BCUT2D eigenvalue weighted by molar-refractivity contribution is 0.477. The molecule has 0 unspecified atom stereocenters. The Morgan fingerprint density at radius 3 is 2.48 bits per heavy atom. The number of halogens is 1. The highest BCUT2D eigenvalue weighted by Gasteiger charge is 2.13. The molecule has 1 N–H and O–H groups in total. The number of hydrogen-bond donors (Lipinski definition) is 1. The minimum Gasteiger partial charge on any atom is -0.507 e. The summed E-state index contributed by atoms with van der Waals surface area (Å²) in [5.41, 5.74) is 3.71. The van der Waals surface area contributed by atoms with Gasteiger partial charge in [-0.05, 0) is 35.9 Å². The van der Waals surface area contributed by atoms with Crippen LogP contribution in [-0.4, -0.2) is 19.7 Å². The summed E-state index contributed by atoms with van der Waals surface area (Å²) in [6.45, 7) is 0. The molecule has 0 aliphatic rings. The van der Waals surface area contributed by atoms with E-state index in [1.54, 1.807) is 47.2 Å². The Morgan fingerprint density at radius 2 is 1.70 bits per heavy atom. The average molecular weight is 305 g/mol. The van der Waals surface area contributed by atoms with Crippen LogP contribution < -0.4 is 0 Å². The molecule has 4 aromatic rings. The predicted molar refractivity (Wildman–Crippen MR) is 85.5 cm³/mol. The normalized spacial score (nSPS) is 11.0. The maximum absolute atomic E-state index is 13.1. The van der Waals surface area contributed by atoms with Gasteiger partial charge in [0.1, 0.15) is 11.6 Å². The fourth-order valence-corrected chi connectivity index (χ4v) is 2.62. The van der Waals surface area contributed by atoms with E-state index < -0.39 is 0 Å². The van der Waals surface area contributed by atoms with Gasteiger partial charge in [0.05, 0.1) is 11.9 Å². The molecule has 2 aromatic heterocycles. The van der Waals surface area contributed by atoms with Crippen molar-refractivity contribution < 1.29 is 9.50 Å². The van der Waals surface area contributed by atoms with Crippen LogP contribution in [0.25, 0.3) is 28.0 Å². The molecule has 2 aromatic carbocycles. The highest BCUT2D eigenvalue weighted by Crippen LogP contribution is 2.31. The van der Waals surface area contributed by atoms with Crippen LogP contribution in [-0.2, 0) is 0 Å². The Hall–Kier alpha value is -3.21. The summed E-state index contributed by atoms with van der Waals surface area (Å²) in [5, 5.41) is 14.5.